The number of carbonyl (C=O) groups excluding carboxylic acids is 1. The third-order valence-electron chi connectivity index (χ3n) is 3.78. The van der Waals surface area contributed by atoms with E-state index in [-0.39, 0.29) is 5.91 Å². The summed E-state index contributed by atoms with van der Waals surface area (Å²) in [6.45, 7) is 2.49. The van der Waals surface area contributed by atoms with E-state index in [4.69, 9.17) is 32.7 Å². The van der Waals surface area contributed by atoms with Gasteiger partial charge in [-0.15, -0.1) is 0 Å². The highest BCUT2D eigenvalue weighted by atomic mass is 35.5. The molecule has 0 bridgehead atoms. The number of hydrogen-bond donors (Lipinski definition) is 1. The van der Waals surface area contributed by atoms with E-state index >= 15 is 0 Å². The van der Waals surface area contributed by atoms with Crippen molar-refractivity contribution >= 4 is 40.9 Å². The molecule has 7 heteroatoms. The molecule has 0 aliphatic carbocycles. The van der Waals surface area contributed by atoms with Crippen molar-refractivity contribution < 1.29 is 14.3 Å². The van der Waals surface area contributed by atoms with Gasteiger partial charge in [0.2, 0.25) is 0 Å². The van der Waals surface area contributed by atoms with E-state index in [1.54, 1.807) is 31.0 Å². The summed E-state index contributed by atoms with van der Waals surface area (Å²) in [6.07, 6.45) is 0.0524. The van der Waals surface area contributed by atoms with Gasteiger partial charge >= 0.3 is 0 Å². The van der Waals surface area contributed by atoms with Crippen LogP contribution in [-0.2, 0) is 10.5 Å². The minimum absolute atomic E-state index is 0.115. The minimum Gasteiger partial charge on any atom is -0.497 e. The molecule has 0 aliphatic heterocycles. The highest BCUT2D eigenvalue weighted by Gasteiger charge is 2.18. The van der Waals surface area contributed by atoms with Crippen molar-refractivity contribution in [3.8, 4) is 11.5 Å². The maximum absolute atomic E-state index is 12.3. The second-order valence-electron chi connectivity index (χ2n) is 5.79. The van der Waals surface area contributed by atoms with Crippen LogP contribution in [0.1, 0.15) is 18.9 Å². The highest BCUT2D eigenvalue weighted by molar-refractivity contribution is 7.98. The van der Waals surface area contributed by atoms with Crippen LogP contribution in [0.5, 0.6) is 11.5 Å². The first-order valence-electron chi connectivity index (χ1n) is 8.63. The zero-order chi connectivity index (χ0) is 19.6. The lowest BCUT2D eigenvalue weighted by Gasteiger charge is -2.17. The number of methoxy groups -OCH3 is 1. The molecule has 1 amide bonds. The van der Waals surface area contributed by atoms with Crippen LogP contribution in [0.15, 0.2) is 42.5 Å². The monoisotopic (exact) mass is 427 g/mol. The van der Waals surface area contributed by atoms with Gasteiger partial charge in [-0.05, 0) is 36.2 Å². The molecule has 0 spiro atoms. The van der Waals surface area contributed by atoms with Gasteiger partial charge in [0.05, 0.1) is 17.2 Å². The fraction of sp³-hybridized carbons (Fsp3) is 0.350. The van der Waals surface area contributed by atoms with E-state index in [0.717, 1.165) is 17.1 Å². The third-order valence-corrected chi connectivity index (χ3v) is 5.55. The standard InChI is InChI=1S/C20H23Cl2NO3S/c1-3-19(26-16-6-4-5-15(12-16)25-2)20(24)23-9-10-27-13-14-7-8-17(21)18(22)11-14/h4-8,11-12,19H,3,9-10,13H2,1-2H3,(H,23,24)/t19-/m1/s1. The lowest BCUT2D eigenvalue weighted by atomic mass is 10.2. The van der Waals surface area contributed by atoms with Crippen LogP contribution >= 0.6 is 35.0 Å². The Morgan fingerprint density at radius 1 is 1.15 bits per heavy atom. The Morgan fingerprint density at radius 2 is 1.93 bits per heavy atom. The van der Waals surface area contributed by atoms with Crippen molar-refractivity contribution in [1.29, 1.82) is 0 Å². The summed E-state index contributed by atoms with van der Waals surface area (Å²) in [5, 5.41) is 4.04. The van der Waals surface area contributed by atoms with Gasteiger partial charge in [-0.25, -0.2) is 0 Å². The maximum Gasteiger partial charge on any atom is 0.261 e. The van der Waals surface area contributed by atoms with Gasteiger partial charge in [0, 0.05) is 24.1 Å². The Bertz CT molecular complexity index is 758. The fourth-order valence-corrected chi connectivity index (χ4v) is 3.47. The van der Waals surface area contributed by atoms with Crippen molar-refractivity contribution in [2.45, 2.75) is 25.2 Å². The summed E-state index contributed by atoms with van der Waals surface area (Å²) >= 11 is 13.6. The van der Waals surface area contributed by atoms with E-state index in [2.05, 4.69) is 5.32 Å². The zero-order valence-corrected chi connectivity index (χ0v) is 17.7. The number of thioether (sulfide) groups is 1. The van der Waals surface area contributed by atoms with Crippen LogP contribution in [0, 0.1) is 0 Å². The Morgan fingerprint density at radius 3 is 2.63 bits per heavy atom. The van der Waals surface area contributed by atoms with Crippen LogP contribution in [0.4, 0.5) is 0 Å². The topological polar surface area (TPSA) is 47.6 Å². The number of benzene rings is 2. The summed E-state index contributed by atoms with van der Waals surface area (Å²) in [5.41, 5.74) is 1.11. The summed E-state index contributed by atoms with van der Waals surface area (Å²) in [6, 6.07) is 12.9. The molecular formula is C20H23Cl2NO3S. The number of carbonyl (C=O) groups is 1. The molecule has 1 N–H and O–H groups in total. The third kappa shape index (κ3) is 7.17. The van der Waals surface area contributed by atoms with Crippen molar-refractivity contribution in [3.63, 3.8) is 0 Å². The van der Waals surface area contributed by atoms with Gasteiger partial charge in [-0.1, -0.05) is 42.3 Å². The molecular weight excluding hydrogens is 405 g/mol. The second-order valence-corrected chi connectivity index (χ2v) is 7.71. The normalized spacial score (nSPS) is 11.7. The smallest absolute Gasteiger partial charge is 0.261 e. The van der Waals surface area contributed by atoms with E-state index in [0.29, 0.717) is 34.5 Å². The summed E-state index contributed by atoms with van der Waals surface area (Å²) < 4.78 is 11.0. The molecule has 0 aromatic heterocycles. The molecule has 0 radical (unpaired) electrons. The predicted molar refractivity (Wildman–Crippen MR) is 113 cm³/mol. The highest BCUT2D eigenvalue weighted by Crippen LogP contribution is 2.24. The van der Waals surface area contributed by atoms with Gasteiger partial charge in [-0.2, -0.15) is 11.8 Å². The first kappa shape index (κ1) is 21.7. The molecule has 0 aliphatic rings. The lowest BCUT2D eigenvalue weighted by molar-refractivity contribution is -0.127. The second kappa shape index (κ2) is 11.3. The molecule has 2 aromatic carbocycles. The van der Waals surface area contributed by atoms with Crippen LogP contribution in [0.25, 0.3) is 0 Å². The Labute approximate surface area is 174 Å². The number of rotatable bonds is 10. The Hall–Kier alpha value is -1.56. The number of ether oxygens (including phenoxy) is 2. The van der Waals surface area contributed by atoms with Crippen molar-refractivity contribution in [1.82, 2.24) is 5.32 Å². The molecule has 0 heterocycles. The van der Waals surface area contributed by atoms with Gasteiger partial charge in [0.15, 0.2) is 6.10 Å². The van der Waals surface area contributed by atoms with E-state index in [1.165, 1.54) is 0 Å². The van der Waals surface area contributed by atoms with Gasteiger partial charge in [0.25, 0.3) is 5.91 Å². The van der Waals surface area contributed by atoms with Crippen LogP contribution in [-0.4, -0.2) is 31.4 Å². The number of halogens is 2. The number of hydrogen-bond acceptors (Lipinski definition) is 4. The fourth-order valence-electron chi connectivity index (χ4n) is 2.34. The van der Waals surface area contributed by atoms with E-state index in [9.17, 15) is 4.79 Å². The molecule has 0 saturated heterocycles. The van der Waals surface area contributed by atoms with Crippen LogP contribution in [0.2, 0.25) is 10.0 Å². The predicted octanol–water partition coefficient (Wildman–Crippen LogP) is 5.21. The molecule has 4 nitrogen and oxygen atoms in total. The largest absolute Gasteiger partial charge is 0.497 e. The average molecular weight is 428 g/mol. The average Bonchev–Trinajstić information content (AvgIpc) is 2.68. The molecule has 146 valence electrons. The molecule has 2 rings (SSSR count). The van der Waals surface area contributed by atoms with Crippen LogP contribution in [0.3, 0.4) is 0 Å². The number of nitrogens with one attached hydrogen (secondary N) is 1. The maximum atomic E-state index is 12.3. The molecule has 1 atom stereocenters. The Balaban J connectivity index is 1.73. The quantitative estimate of drug-likeness (QED) is 0.528. The number of amides is 1. The summed E-state index contributed by atoms with van der Waals surface area (Å²) in [7, 11) is 1.60. The first-order chi connectivity index (χ1) is 13.0. The zero-order valence-electron chi connectivity index (χ0n) is 15.3. The Kier molecular flexibility index (Phi) is 9.11. The summed E-state index contributed by atoms with van der Waals surface area (Å²) in [4.78, 5) is 12.3. The van der Waals surface area contributed by atoms with E-state index in [1.807, 2.05) is 37.3 Å². The first-order valence-corrected chi connectivity index (χ1v) is 10.5. The lowest BCUT2D eigenvalue weighted by Crippen LogP contribution is -2.39. The SMILES string of the molecule is CC[C@@H](Oc1cccc(OC)c1)C(=O)NCCSCc1ccc(Cl)c(Cl)c1. The summed E-state index contributed by atoms with van der Waals surface area (Å²) in [5.74, 6) is 2.80. The molecule has 0 saturated carbocycles. The molecule has 0 fully saturated rings. The minimum atomic E-state index is -0.530. The molecule has 2 aromatic rings. The van der Waals surface area contributed by atoms with Gasteiger partial charge < -0.3 is 14.8 Å². The van der Waals surface area contributed by atoms with Crippen LogP contribution < -0.4 is 14.8 Å². The van der Waals surface area contributed by atoms with E-state index < -0.39 is 6.10 Å². The van der Waals surface area contributed by atoms with Crippen molar-refractivity contribution in [2.24, 2.45) is 0 Å². The van der Waals surface area contributed by atoms with Crippen molar-refractivity contribution in [3.05, 3.63) is 58.1 Å². The molecule has 27 heavy (non-hydrogen) atoms. The van der Waals surface area contributed by atoms with Crippen molar-refractivity contribution in [2.75, 3.05) is 19.4 Å². The van der Waals surface area contributed by atoms with Gasteiger partial charge in [-0.3, -0.25) is 4.79 Å². The van der Waals surface area contributed by atoms with Gasteiger partial charge in [0.1, 0.15) is 11.5 Å². The molecule has 0 unspecified atom stereocenters.